The predicted octanol–water partition coefficient (Wildman–Crippen LogP) is 0.978. The van der Waals surface area contributed by atoms with Crippen LogP contribution in [0.3, 0.4) is 0 Å². The molecule has 11 nitrogen and oxygen atoms in total. The highest BCUT2D eigenvalue weighted by atomic mass is 16.7. The maximum atomic E-state index is 12.8. The Bertz CT molecular complexity index is 954. The number of ether oxygens (including phenoxy) is 6. The fraction of sp³-hybridized carbons (Fsp3) is 0.400. The molecule has 0 aromatic heterocycles. The van der Waals surface area contributed by atoms with E-state index in [0.29, 0.717) is 22.8 Å². The largest absolute Gasteiger partial charge is 0.493 e. The second-order valence-electron chi connectivity index (χ2n) is 6.63. The minimum Gasteiger partial charge on any atom is -0.493 e. The van der Waals surface area contributed by atoms with Gasteiger partial charge in [-0.05, 0) is 29.3 Å². The lowest BCUT2D eigenvalue weighted by Crippen LogP contribution is -2.56. The molecular weight excluding hydrogens is 414 g/mol. The van der Waals surface area contributed by atoms with E-state index in [1.54, 1.807) is 12.1 Å². The summed E-state index contributed by atoms with van der Waals surface area (Å²) in [6.07, 6.45) is -2.45. The SMILES string of the molecule is COC(=O)N[C@@H]1C(c2cc(OC)c3c(c2)OCO3)=CC(=O)[C@@H](OC(C)=O)[C@H]1OC(C)=O. The molecule has 3 atom stereocenters. The normalized spacial score (nSPS) is 21.6. The maximum Gasteiger partial charge on any atom is 0.407 e. The third kappa shape index (κ3) is 4.55. The molecule has 2 aliphatic rings. The molecule has 1 aliphatic carbocycles. The molecule has 11 heteroatoms. The van der Waals surface area contributed by atoms with Crippen LogP contribution in [0.4, 0.5) is 4.79 Å². The van der Waals surface area contributed by atoms with Crippen molar-refractivity contribution in [3.05, 3.63) is 23.8 Å². The number of esters is 2. The zero-order valence-electron chi connectivity index (χ0n) is 17.3. The molecule has 1 aromatic rings. The van der Waals surface area contributed by atoms with Gasteiger partial charge in [0.15, 0.2) is 17.6 Å². The minimum atomic E-state index is -1.46. The van der Waals surface area contributed by atoms with Crippen LogP contribution < -0.4 is 19.5 Å². The number of nitrogens with one attached hydrogen (secondary N) is 1. The number of amides is 1. The van der Waals surface area contributed by atoms with E-state index in [2.05, 4.69) is 10.1 Å². The van der Waals surface area contributed by atoms with E-state index >= 15 is 0 Å². The number of alkyl carbamates (subject to hydrolysis) is 1. The highest BCUT2D eigenvalue weighted by Gasteiger charge is 2.46. The predicted molar refractivity (Wildman–Crippen MR) is 103 cm³/mol. The zero-order chi connectivity index (χ0) is 22.7. The van der Waals surface area contributed by atoms with Gasteiger partial charge in [0.2, 0.25) is 24.4 Å². The molecule has 0 saturated carbocycles. The van der Waals surface area contributed by atoms with Crippen LogP contribution in [0.25, 0.3) is 5.57 Å². The Morgan fingerprint density at radius 1 is 1.06 bits per heavy atom. The van der Waals surface area contributed by atoms with Crippen molar-refractivity contribution >= 4 is 29.4 Å². The molecule has 0 saturated heterocycles. The van der Waals surface area contributed by atoms with Crippen molar-refractivity contribution in [3.63, 3.8) is 0 Å². The molecule has 31 heavy (non-hydrogen) atoms. The van der Waals surface area contributed by atoms with Crippen LogP contribution in [0.2, 0.25) is 0 Å². The number of carbonyl (C=O) groups is 4. The number of ketones is 1. The molecule has 166 valence electrons. The number of hydrogen-bond acceptors (Lipinski definition) is 10. The summed E-state index contributed by atoms with van der Waals surface area (Å²) < 4.78 is 31.2. The molecule has 1 aromatic carbocycles. The molecule has 0 radical (unpaired) electrons. The first-order valence-corrected chi connectivity index (χ1v) is 9.17. The van der Waals surface area contributed by atoms with Crippen molar-refractivity contribution < 1.29 is 47.6 Å². The van der Waals surface area contributed by atoms with E-state index in [0.717, 1.165) is 21.0 Å². The second kappa shape index (κ2) is 8.94. The third-order valence-corrected chi connectivity index (χ3v) is 4.59. The fourth-order valence-corrected chi connectivity index (χ4v) is 3.37. The summed E-state index contributed by atoms with van der Waals surface area (Å²) in [6.45, 7) is 2.23. The molecule has 0 spiro atoms. The van der Waals surface area contributed by atoms with Gasteiger partial charge in [0.1, 0.15) is 0 Å². The molecule has 3 rings (SSSR count). The number of fused-ring (bicyclic) bond motifs is 1. The molecule has 0 unspecified atom stereocenters. The Hall–Kier alpha value is -3.76. The molecule has 0 bridgehead atoms. The zero-order valence-corrected chi connectivity index (χ0v) is 17.3. The summed E-state index contributed by atoms with van der Waals surface area (Å²) in [5.41, 5.74) is 0.691. The smallest absolute Gasteiger partial charge is 0.407 e. The van der Waals surface area contributed by atoms with Crippen LogP contribution in [0, 0.1) is 0 Å². The van der Waals surface area contributed by atoms with E-state index in [1.165, 1.54) is 13.2 Å². The Morgan fingerprint density at radius 2 is 1.77 bits per heavy atom. The number of methoxy groups -OCH3 is 2. The second-order valence-corrected chi connectivity index (χ2v) is 6.63. The summed E-state index contributed by atoms with van der Waals surface area (Å²) in [4.78, 5) is 48.2. The Kier molecular flexibility index (Phi) is 6.33. The Labute approximate surface area is 177 Å². The van der Waals surface area contributed by atoms with Crippen LogP contribution in [-0.4, -0.2) is 63.1 Å². The van der Waals surface area contributed by atoms with Gasteiger partial charge in [-0.1, -0.05) is 0 Å². The summed E-state index contributed by atoms with van der Waals surface area (Å²) in [5.74, 6) is -1.03. The number of rotatable bonds is 5. The van der Waals surface area contributed by atoms with E-state index in [-0.39, 0.29) is 12.4 Å². The molecular formula is C20H21NO10. The standard InChI is InChI=1S/C20H21NO10/c1-9(22)30-17-13(24)7-12(16(21-20(25)27-4)19(17)31-10(2)23)11-5-14(26-3)18-15(6-11)28-8-29-18/h5-7,16-17,19H,8H2,1-4H3,(H,21,25)/t16-,17-,19+/m1/s1. The van der Waals surface area contributed by atoms with Crippen LogP contribution in [0.15, 0.2) is 18.2 Å². The van der Waals surface area contributed by atoms with E-state index in [9.17, 15) is 19.2 Å². The number of carbonyl (C=O) groups excluding carboxylic acids is 4. The lowest BCUT2D eigenvalue weighted by Gasteiger charge is -2.36. The third-order valence-electron chi connectivity index (χ3n) is 4.59. The quantitative estimate of drug-likeness (QED) is 0.526. The maximum absolute atomic E-state index is 12.8. The van der Waals surface area contributed by atoms with Crippen molar-refractivity contribution in [1.82, 2.24) is 5.32 Å². The van der Waals surface area contributed by atoms with Gasteiger partial charge in [-0.3, -0.25) is 14.4 Å². The fourth-order valence-electron chi connectivity index (χ4n) is 3.37. The average Bonchev–Trinajstić information content (AvgIpc) is 3.19. The highest BCUT2D eigenvalue weighted by Crippen LogP contribution is 2.44. The highest BCUT2D eigenvalue weighted by molar-refractivity contribution is 6.05. The van der Waals surface area contributed by atoms with Gasteiger partial charge in [-0.2, -0.15) is 0 Å². The first-order chi connectivity index (χ1) is 14.7. The summed E-state index contributed by atoms with van der Waals surface area (Å²) in [7, 11) is 2.59. The van der Waals surface area contributed by atoms with E-state index in [4.69, 9.17) is 23.7 Å². The number of benzene rings is 1. The van der Waals surface area contributed by atoms with Gasteiger partial charge >= 0.3 is 18.0 Å². The first-order valence-electron chi connectivity index (χ1n) is 9.17. The van der Waals surface area contributed by atoms with Crippen LogP contribution in [-0.2, 0) is 28.6 Å². The molecule has 1 heterocycles. The Morgan fingerprint density at radius 3 is 2.39 bits per heavy atom. The molecule has 0 fully saturated rings. The van der Waals surface area contributed by atoms with Gasteiger partial charge in [0.05, 0.1) is 20.3 Å². The summed E-state index contributed by atoms with van der Waals surface area (Å²) in [6, 6.07) is 2.08. The van der Waals surface area contributed by atoms with Crippen LogP contribution in [0.1, 0.15) is 19.4 Å². The van der Waals surface area contributed by atoms with Crippen LogP contribution >= 0.6 is 0 Å². The molecule has 1 N–H and O–H groups in total. The molecule has 1 amide bonds. The van der Waals surface area contributed by atoms with Crippen molar-refractivity contribution in [2.45, 2.75) is 32.1 Å². The molecule has 1 aliphatic heterocycles. The van der Waals surface area contributed by atoms with Gasteiger partial charge in [0.25, 0.3) is 0 Å². The van der Waals surface area contributed by atoms with E-state index in [1.807, 2.05) is 0 Å². The van der Waals surface area contributed by atoms with Crippen LogP contribution in [0.5, 0.6) is 17.2 Å². The summed E-state index contributed by atoms with van der Waals surface area (Å²) >= 11 is 0. The van der Waals surface area contributed by atoms with Crippen molar-refractivity contribution in [2.75, 3.05) is 21.0 Å². The lowest BCUT2D eigenvalue weighted by atomic mass is 9.84. The number of hydrogen-bond donors (Lipinski definition) is 1. The topological polar surface area (TPSA) is 136 Å². The summed E-state index contributed by atoms with van der Waals surface area (Å²) in [5, 5.41) is 2.54. The van der Waals surface area contributed by atoms with Gasteiger partial charge in [-0.25, -0.2) is 4.79 Å². The van der Waals surface area contributed by atoms with Gasteiger partial charge in [0, 0.05) is 13.8 Å². The lowest BCUT2D eigenvalue weighted by molar-refractivity contribution is -0.170. The minimum absolute atomic E-state index is 0.0123. The monoisotopic (exact) mass is 435 g/mol. The van der Waals surface area contributed by atoms with E-state index < -0.39 is 42.1 Å². The average molecular weight is 435 g/mol. The van der Waals surface area contributed by atoms with Crippen molar-refractivity contribution in [3.8, 4) is 17.2 Å². The first kappa shape index (κ1) is 21.9. The van der Waals surface area contributed by atoms with Gasteiger partial charge < -0.3 is 33.7 Å². The van der Waals surface area contributed by atoms with Crippen molar-refractivity contribution in [1.29, 1.82) is 0 Å². The Balaban J connectivity index is 2.14. The van der Waals surface area contributed by atoms with Crippen molar-refractivity contribution in [2.24, 2.45) is 0 Å². The van der Waals surface area contributed by atoms with Gasteiger partial charge in [-0.15, -0.1) is 0 Å².